The summed E-state index contributed by atoms with van der Waals surface area (Å²) in [6.45, 7) is 0.699. The zero-order valence-electron chi connectivity index (χ0n) is 9.83. The van der Waals surface area contributed by atoms with E-state index in [1.165, 1.54) is 6.08 Å². The van der Waals surface area contributed by atoms with E-state index >= 15 is 0 Å². The SMILES string of the molecule is O=C(C=Cc1ccc(Cl)cc1Cl)NCCCCO. The summed E-state index contributed by atoms with van der Waals surface area (Å²) in [5.74, 6) is -0.182. The summed E-state index contributed by atoms with van der Waals surface area (Å²) in [4.78, 5) is 11.4. The first-order chi connectivity index (χ1) is 8.63. The molecule has 3 nitrogen and oxygen atoms in total. The van der Waals surface area contributed by atoms with Crippen molar-refractivity contribution in [3.63, 3.8) is 0 Å². The lowest BCUT2D eigenvalue weighted by molar-refractivity contribution is -0.116. The fraction of sp³-hybridized carbons (Fsp3) is 0.308. The molecule has 5 heteroatoms. The van der Waals surface area contributed by atoms with Crippen LogP contribution in [0.4, 0.5) is 0 Å². The molecule has 0 aliphatic heterocycles. The maximum absolute atomic E-state index is 11.4. The highest BCUT2D eigenvalue weighted by atomic mass is 35.5. The molecule has 2 N–H and O–H groups in total. The smallest absolute Gasteiger partial charge is 0.243 e. The van der Waals surface area contributed by atoms with Crippen LogP contribution in [-0.4, -0.2) is 24.2 Å². The Morgan fingerprint density at radius 2 is 2.11 bits per heavy atom. The maximum atomic E-state index is 11.4. The molecule has 1 aromatic carbocycles. The van der Waals surface area contributed by atoms with Crippen molar-refractivity contribution >= 4 is 35.2 Å². The topological polar surface area (TPSA) is 49.3 Å². The van der Waals surface area contributed by atoms with Crippen LogP contribution in [0.25, 0.3) is 6.08 Å². The zero-order valence-corrected chi connectivity index (χ0v) is 11.3. The van der Waals surface area contributed by atoms with Gasteiger partial charge in [0.1, 0.15) is 0 Å². The van der Waals surface area contributed by atoms with E-state index in [1.54, 1.807) is 24.3 Å². The third kappa shape index (κ3) is 5.54. The lowest BCUT2D eigenvalue weighted by Gasteiger charge is -2.01. The summed E-state index contributed by atoms with van der Waals surface area (Å²) in [5.41, 5.74) is 0.742. The van der Waals surface area contributed by atoms with Gasteiger partial charge in [-0.2, -0.15) is 0 Å². The maximum Gasteiger partial charge on any atom is 0.243 e. The van der Waals surface area contributed by atoms with Gasteiger partial charge in [-0.15, -0.1) is 0 Å². The van der Waals surface area contributed by atoms with Gasteiger partial charge in [-0.1, -0.05) is 29.3 Å². The highest BCUT2D eigenvalue weighted by molar-refractivity contribution is 6.35. The molecule has 0 unspecified atom stereocenters. The molecular weight excluding hydrogens is 273 g/mol. The number of aliphatic hydroxyl groups is 1. The number of aliphatic hydroxyl groups excluding tert-OH is 1. The number of unbranched alkanes of at least 4 members (excludes halogenated alkanes) is 1. The normalized spacial score (nSPS) is 10.8. The predicted octanol–water partition coefficient (Wildman–Crippen LogP) is 2.90. The predicted molar refractivity (Wildman–Crippen MR) is 74.8 cm³/mol. The van der Waals surface area contributed by atoms with E-state index in [9.17, 15) is 4.79 Å². The van der Waals surface area contributed by atoms with Crippen molar-refractivity contribution in [2.75, 3.05) is 13.2 Å². The van der Waals surface area contributed by atoms with Crippen LogP contribution in [0.5, 0.6) is 0 Å². The number of carbonyl (C=O) groups excluding carboxylic acids is 1. The number of rotatable bonds is 6. The van der Waals surface area contributed by atoms with Crippen LogP contribution >= 0.6 is 23.2 Å². The van der Waals surface area contributed by atoms with Gasteiger partial charge in [-0.3, -0.25) is 4.79 Å². The number of halogens is 2. The molecule has 0 fully saturated rings. The van der Waals surface area contributed by atoms with E-state index in [1.807, 2.05) is 0 Å². The summed E-state index contributed by atoms with van der Waals surface area (Å²) < 4.78 is 0. The van der Waals surface area contributed by atoms with E-state index in [0.717, 1.165) is 12.0 Å². The average Bonchev–Trinajstić information content (AvgIpc) is 2.33. The van der Waals surface area contributed by atoms with Crippen LogP contribution < -0.4 is 5.32 Å². The Kier molecular flexibility index (Phi) is 6.80. The molecule has 0 aliphatic rings. The van der Waals surface area contributed by atoms with Gasteiger partial charge in [-0.05, 0) is 36.6 Å². The van der Waals surface area contributed by atoms with Crippen molar-refractivity contribution in [3.05, 3.63) is 39.9 Å². The molecule has 0 radical (unpaired) electrons. The van der Waals surface area contributed by atoms with Gasteiger partial charge in [0.25, 0.3) is 0 Å². The van der Waals surface area contributed by atoms with Crippen molar-refractivity contribution in [1.82, 2.24) is 5.32 Å². The van der Waals surface area contributed by atoms with E-state index < -0.39 is 0 Å². The number of hydrogen-bond donors (Lipinski definition) is 2. The van der Waals surface area contributed by atoms with Crippen LogP contribution in [0.1, 0.15) is 18.4 Å². The minimum atomic E-state index is -0.182. The number of carbonyl (C=O) groups is 1. The minimum absolute atomic E-state index is 0.145. The van der Waals surface area contributed by atoms with Crippen LogP contribution in [0.15, 0.2) is 24.3 Å². The Morgan fingerprint density at radius 1 is 1.33 bits per heavy atom. The molecule has 1 amide bonds. The number of nitrogens with one attached hydrogen (secondary N) is 1. The first-order valence-electron chi connectivity index (χ1n) is 5.65. The van der Waals surface area contributed by atoms with Gasteiger partial charge >= 0.3 is 0 Å². The van der Waals surface area contributed by atoms with Crippen molar-refractivity contribution in [3.8, 4) is 0 Å². The molecule has 0 aromatic heterocycles. The van der Waals surface area contributed by atoms with Crippen LogP contribution in [0, 0.1) is 0 Å². The van der Waals surface area contributed by atoms with Crippen LogP contribution in [-0.2, 0) is 4.79 Å². The second-order valence-electron chi connectivity index (χ2n) is 3.72. The summed E-state index contributed by atoms with van der Waals surface area (Å²) in [6, 6.07) is 5.09. The molecule has 0 aliphatic carbocycles. The Labute approximate surface area is 116 Å². The summed E-state index contributed by atoms with van der Waals surface area (Å²) in [5, 5.41) is 12.4. The lowest BCUT2D eigenvalue weighted by atomic mass is 10.2. The average molecular weight is 288 g/mol. The fourth-order valence-electron chi connectivity index (χ4n) is 1.31. The highest BCUT2D eigenvalue weighted by Gasteiger charge is 1.99. The Balaban J connectivity index is 2.45. The molecule has 18 heavy (non-hydrogen) atoms. The quantitative estimate of drug-likeness (QED) is 0.624. The van der Waals surface area contributed by atoms with E-state index in [-0.39, 0.29) is 12.5 Å². The van der Waals surface area contributed by atoms with Gasteiger partial charge in [0.05, 0.1) is 0 Å². The van der Waals surface area contributed by atoms with Crippen molar-refractivity contribution in [2.45, 2.75) is 12.8 Å². The molecule has 0 saturated carbocycles. The molecule has 0 saturated heterocycles. The summed E-state index contributed by atoms with van der Waals surface area (Å²) in [6.07, 6.45) is 4.51. The number of benzene rings is 1. The standard InChI is InChI=1S/C13H15Cl2NO2/c14-11-5-3-10(12(15)9-11)4-6-13(18)16-7-1-2-8-17/h3-6,9,17H,1-2,7-8H2,(H,16,18). The Bertz CT molecular complexity index is 433. The first-order valence-corrected chi connectivity index (χ1v) is 6.41. The van der Waals surface area contributed by atoms with Crippen molar-refractivity contribution in [2.24, 2.45) is 0 Å². The molecular formula is C13H15Cl2NO2. The summed E-state index contributed by atoms with van der Waals surface area (Å²) in [7, 11) is 0. The lowest BCUT2D eigenvalue weighted by Crippen LogP contribution is -2.22. The van der Waals surface area contributed by atoms with E-state index in [0.29, 0.717) is 23.0 Å². The molecule has 0 atom stereocenters. The molecule has 98 valence electrons. The second kappa shape index (κ2) is 8.14. The first kappa shape index (κ1) is 15.0. The molecule has 0 bridgehead atoms. The van der Waals surface area contributed by atoms with Crippen molar-refractivity contribution < 1.29 is 9.90 Å². The van der Waals surface area contributed by atoms with Gasteiger partial charge < -0.3 is 10.4 Å². The zero-order chi connectivity index (χ0) is 13.4. The van der Waals surface area contributed by atoms with Gasteiger partial charge in [-0.25, -0.2) is 0 Å². The molecule has 0 spiro atoms. The fourth-order valence-corrected chi connectivity index (χ4v) is 1.78. The van der Waals surface area contributed by atoms with E-state index in [2.05, 4.69) is 5.32 Å². The summed E-state index contributed by atoms with van der Waals surface area (Å²) >= 11 is 11.7. The minimum Gasteiger partial charge on any atom is -0.396 e. The van der Waals surface area contributed by atoms with E-state index in [4.69, 9.17) is 28.3 Å². The van der Waals surface area contributed by atoms with Gasteiger partial charge in [0.2, 0.25) is 5.91 Å². The highest BCUT2D eigenvalue weighted by Crippen LogP contribution is 2.21. The molecule has 1 aromatic rings. The van der Waals surface area contributed by atoms with Gasteiger partial charge in [0.15, 0.2) is 0 Å². The third-order valence-electron chi connectivity index (χ3n) is 2.26. The van der Waals surface area contributed by atoms with Gasteiger partial charge in [0, 0.05) is 29.3 Å². The Morgan fingerprint density at radius 3 is 2.78 bits per heavy atom. The second-order valence-corrected chi connectivity index (χ2v) is 4.56. The Hall–Kier alpha value is -1.03. The molecule has 0 heterocycles. The largest absolute Gasteiger partial charge is 0.396 e. The number of amides is 1. The van der Waals surface area contributed by atoms with Crippen molar-refractivity contribution in [1.29, 1.82) is 0 Å². The monoisotopic (exact) mass is 287 g/mol. The van der Waals surface area contributed by atoms with Crippen LogP contribution in [0.2, 0.25) is 10.0 Å². The third-order valence-corrected chi connectivity index (χ3v) is 2.82. The van der Waals surface area contributed by atoms with Crippen LogP contribution in [0.3, 0.4) is 0 Å². The number of hydrogen-bond acceptors (Lipinski definition) is 2. The molecule has 1 rings (SSSR count).